The summed E-state index contributed by atoms with van der Waals surface area (Å²) in [7, 11) is 1.75. The zero-order valence-electron chi connectivity index (χ0n) is 10.7. The van der Waals surface area contributed by atoms with Gasteiger partial charge in [-0.2, -0.15) is 0 Å². The monoisotopic (exact) mass is 214 g/mol. The van der Waals surface area contributed by atoms with Gasteiger partial charge in [-0.15, -0.1) is 0 Å². The predicted octanol–water partition coefficient (Wildman–Crippen LogP) is 1.47. The molecule has 0 aromatic carbocycles. The van der Waals surface area contributed by atoms with Crippen LogP contribution in [0.15, 0.2) is 0 Å². The number of hydrogen-bond donors (Lipinski definition) is 1. The Bertz CT molecular complexity index is 206. The molecular weight excluding hydrogens is 188 g/mol. The number of rotatable bonds is 4. The van der Waals surface area contributed by atoms with Crippen molar-refractivity contribution < 1.29 is 4.74 Å². The lowest BCUT2D eigenvalue weighted by atomic mass is 9.82. The van der Waals surface area contributed by atoms with Crippen molar-refractivity contribution >= 4 is 0 Å². The van der Waals surface area contributed by atoms with Gasteiger partial charge in [-0.3, -0.25) is 4.90 Å². The Balaban J connectivity index is 2.67. The first-order valence-corrected chi connectivity index (χ1v) is 5.88. The highest BCUT2D eigenvalue weighted by Gasteiger charge is 2.36. The van der Waals surface area contributed by atoms with Crippen LogP contribution in [0.2, 0.25) is 0 Å². The molecular formula is C12H26N2O. The summed E-state index contributed by atoms with van der Waals surface area (Å²) in [6.07, 6.45) is 2.59. The third-order valence-electron chi connectivity index (χ3n) is 3.56. The molecule has 1 saturated heterocycles. The van der Waals surface area contributed by atoms with Gasteiger partial charge >= 0.3 is 0 Å². The van der Waals surface area contributed by atoms with Crippen LogP contribution in [0.3, 0.4) is 0 Å². The van der Waals surface area contributed by atoms with Gasteiger partial charge in [0.1, 0.15) is 0 Å². The maximum atomic E-state index is 5.89. The van der Waals surface area contributed by atoms with E-state index in [0.717, 1.165) is 19.7 Å². The molecule has 0 aliphatic carbocycles. The average molecular weight is 214 g/mol. The lowest BCUT2D eigenvalue weighted by Gasteiger charge is -2.47. The van der Waals surface area contributed by atoms with E-state index < -0.39 is 0 Å². The molecule has 0 spiro atoms. The Kier molecular flexibility index (Phi) is 4.15. The van der Waals surface area contributed by atoms with Gasteiger partial charge < -0.3 is 10.5 Å². The van der Waals surface area contributed by atoms with Crippen molar-refractivity contribution in [3.8, 4) is 0 Å². The van der Waals surface area contributed by atoms with Crippen LogP contribution in [0, 0.1) is 5.41 Å². The largest absolute Gasteiger partial charge is 0.383 e. The van der Waals surface area contributed by atoms with E-state index in [9.17, 15) is 0 Å². The highest BCUT2D eigenvalue weighted by Crippen LogP contribution is 2.32. The van der Waals surface area contributed by atoms with Crippen molar-refractivity contribution in [2.45, 2.75) is 39.2 Å². The first-order valence-electron chi connectivity index (χ1n) is 5.88. The van der Waals surface area contributed by atoms with Gasteiger partial charge in [0, 0.05) is 20.2 Å². The minimum Gasteiger partial charge on any atom is -0.383 e. The van der Waals surface area contributed by atoms with Crippen molar-refractivity contribution in [1.82, 2.24) is 4.90 Å². The van der Waals surface area contributed by atoms with Gasteiger partial charge in [-0.05, 0) is 31.7 Å². The zero-order chi connectivity index (χ0) is 11.5. The summed E-state index contributed by atoms with van der Waals surface area (Å²) < 4.78 is 5.30. The quantitative estimate of drug-likeness (QED) is 0.770. The summed E-state index contributed by atoms with van der Waals surface area (Å²) in [6, 6.07) is 0. The maximum absolute atomic E-state index is 5.89. The van der Waals surface area contributed by atoms with Crippen LogP contribution in [0.1, 0.15) is 33.6 Å². The van der Waals surface area contributed by atoms with Crippen LogP contribution in [0.4, 0.5) is 0 Å². The Hall–Kier alpha value is -0.120. The fraction of sp³-hybridized carbons (Fsp3) is 1.00. The number of nitrogens with two attached hydrogens (primary N) is 1. The normalized spacial score (nSPS) is 26.2. The van der Waals surface area contributed by atoms with Crippen molar-refractivity contribution in [2.75, 3.05) is 33.4 Å². The second-order valence-corrected chi connectivity index (χ2v) is 5.82. The lowest BCUT2D eigenvalue weighted by molar-refractivity contribution is -0.0164. The topological polar surface area (TPSA) is 38.5 Å². The first-order chi connectivity index (χ1) is 6.93. The first kappa shape index (κ1) is 12.9. The fourth-order valence-corrected chi connectivity index (χ4v) is 2.47. The summed E-state index contributed by atoms with van der Waals surface area (Å²) in [5.41, 5.74) is 6.32. The minimum atomic E-state index is 0.00639. The molecule has 1 rings (SSSR count). The Morgan fingerprint density at radius 1 is 1.47 bits per heavy atom. The summed E-state index contributed by atoms with van der Waals surface area (Å²) in [5, 5.41) is 0. The summed E-state index contributed by atoms with van der Waals surface area (Å²) in [5.74, 6) is 0. The maximum Gasteiger partial charge on any atom is 0.0656 e. The third-order valence-corrected chi connectivity index (χ3v) is 3.56. The summed E-state index contributed by atoms with van der Waals surface area (Å²) in [6.45, 7) is 10.5. The van der Waals surface area contributed by atoms with Gasteiger partial charge in [-0.1, -0.05) is 13.8 Å². The third kappa shape index (κ3) is 3.16. The average Bonchev–Trinajstić information content (AvgIpc) is 2.16. The van der Waals surface area contributed by atoms with Crippen molar-refractivity contribution in [2.24, 2.45) is 11.1 Å². The highest BCUT2D eigenvalue weighted by molar-refractivity contribution is 4.92. The molecule has 1 atom stereocenters. The second kappa shape index (κ2) is 4.81. The molecule has 15 heavy (non-hydrogen) atoms. The molecule has 1 aliphatic rings. The highest BCUT2D eigenvalue weighted by atomic mass is 16.5. The summed E-state index contributed by atoms with van der Waals surface area (Å²) in [4.78, 5) is 2.50. The molecule has 0 radical (unpaired) electrons. The molecule has 0 aromatic rings. The van der Waals surface area contributed by atoms with E-state index in [1.807, 2.05) is 0 Å². The van der Waals surface area contributed by atoms with Crippen molar-refractivity contribution in [3.63, 3.8) is 0 Å². The number of nitrogens with zero attached hydrogens (tertiary/aromatic N) is 1. The molecule has 1 aliphatic heterocycles. The molecule has 1 unspecified atom stereocenters. The standard InChI is InChI=1S/C12H26N2O/c1-11(2)6-5-7-14(9-11)12(3,8-13)10-15-4/h5-10,13H2,1-4H3. The van der Waals surface area contributed by atoms with Crippen LogP contribution in [-0.2, 0) is 4.74 Å². The van der Waals surface area contributed by atoms with E-state index in [1.165, 1.54) is 12.8 Å². The van der Waals surface area contributed by atoms with Crippen LogP contribution >= 0.6 is 0 Å². The fourth-order valence-electron chi connectivity index (χ4n) is 2.47. The molecule has 0 aromatic heterocycles. The molecule has 1 heterocycles. The van der Waals surface area contributed by atoms with Crippen molar-refractivity contribution in [1.29, 1.82) is 0 Å². The molecule has 3 nitrogen and oxygen atoms in total. The number of ether oxygens (including phenoxy) is 1. The van der Waals surface area contributed by atoms with Gasteiger partial charge in [0.05, 0.1) is 12.1 Å². The zero-order valence-corrected chi connectivity index (χ0v) is 10.7. The Morgan fingerprint density at radius 2 is 2.13 bits per heavy atom. The van der Waals surface area contributed by atoms with Gasteiger partial charge in [-0.25, -0.2) is 0 Å². The molecule has 2 N–H and O–H groups in total. The molecule has 3 heteroatoms. The number of methoxy groups -OCH3 is 1. The minimum absolute atomic E-state index is 0.00639. The molecule has 0 bridgehead atoms. The smallest absolute Gasteiger partial charge is 0.0656 e. The molecule has 0 amide bonds. The number of hydrogen-bond acceptors (Lipinski definition) is 3. The van der Waals surface area contributed by atoms with E-state index in [1.54, 1.807) is 7.11 Å². The van der Waals surface area contributed by atoms with Crippen LogP contribution in [-0.4, -0.2) is 43.8 Å². The molecule has 90 valence electrons. The van der Waals surface area contributed by atoms with E-state index in [0.29, 0.717) is 12.0 Å². The van der Waals surface area contributed by atoms with Crippen LogP contribution in [0.25, 0.3) is 0 Å². The van der Waals surface area contributed by atoms with E-state index in [-0.39, 0.29) is 5.54 Å². The van der Waals surface area contributed by atoms with Gasteiger partial charge in [0.15, 0.2) is 0 Å². The predicted molar refractivity (Wildman–Crippen MR) is 63.9 cm³/mol. The lowest BCUT2D eigenvalue weighted by Crippen LogP contribution is -2.59. The molecule has 1 fully saturated rings. The van der Waals surface area contributed by atoms with E-state index in [4.69, 9.17) is 10.5 Å². The van der Waals surface area contributed by atoms with E-state index >= 15 is 0 Å². The summed E-state index contributed by atoms with van der Waals surface area (Å²) >= 11 is 0. The van der Waals surface area contributed by atoms with Crippen LogP contribution in [0.5, 0.6) is 0 Å². The Labute approximate surface area is 94.0 Å². The van der Waals surface area contributed by atoms with Crippen LogP contribution < -0.4 is 5.73 Å². The Morgan fingerprint density at radius 3 is 2.60 bits per heavy atom. The van der Waals surface area contributed by atoms with Gasteiger partial charge in [0.25, 0.3) is 0 Å². The number of likely N-dealkylation sites (tertiary alicyclic amines) is 1. The SMILES string of the molecule is COCC(C)(CN)N1CCCC(C)(C)C1. The van der Waals surface area contributed by atoms with Gasteiger partial charge in [0.2, 0.25) is 0 Å². The second-order valence-electron chi connectivity index (χ2n) is 5.82. The van der Waals surface area contributed by atoms with E-state index in [2.05, 4.69) is 25.7 Å². The molecule has 0 saturated carbocycles. The van der Waals surface area contributed by atoms with Crippen molar-refractivity contribution in [3.05, 3.63) is 0 Å². The number of piperidine rings is 1.